The van der Waals surface area contributed by atoms with E-state index in [-0.39, 0.29) is 57.0 Å². The van der Waals surface area contributed by atoms with Crippen LogP contribution in [0.5, 0.6) is 0 Å². The van der Waals surface area contributed by atoms with Crippen LogP contribution >= 0.6 is 0 Å². The first-order valence-corrected chi connectivity index (χ1v) is 20.8. The first-order valence-electron chi connectivity index (χ1n) is 20.8. The molecule has 330 valence electrons. The number of cyclic esters (lactones) is 1. The number of methoxy groups -OCH3 is 1. The lowest BCUT2D eigenvalue weighted by atomic mass is 9.75. The summed E-state index contributed by atoms with van der Waals surface area (Å²) in [5, 5.41) is 65.5. The second-order valence-electron chi connectivity index (χ2n) is 18.4. The van der Waals surface area contributed by atoms with Gasteiger partial charge in [-0.15, -0.1) is 0 Å². The number of hydrogen-bond acceptors (Lipinski definition) is 15. The molecule has 0 amide bonds. The van der Waals surface area contributed by atoms with Crippen LogP contribution in [0.25, 0.3) is 0 Å². The van der Waals surface area contributed by atoms with Crippen LogP contribution in [0.2, 0.25) is 0 Å². The zero-order chi connectivity index (χ0) is 42.6. The molecule has 15 heteroatoms. The Kier molecular flexibility index (Phi) is 17.2. The molecule has 3 aliphatic heterocycles. The maximum Gasteiger partial charge on any atom is 0.311 e. The lowest BCUT2D eigenvalue weighted by Gasteiger charge is -2.53. The first kappa shape index (κ1) is 49.3. The predicted octanol–water partition coefficient (Wildman–Crippen LogP) is 1.93. The largest absolute Gasteiger partial charge is 0.463 e. The quantitative estimate of drug-likeness (QED) is 0.105. The number of hydrogen-bond donors (Lipinski definition) is 7. The van der Waals surface area contributed by atoms with Crippen LogP contribution in [0, 0.1) is 17.8 Å². The Hall–Kier alpha value is -1.05. The van der Waals surface area contributed by atoms with Crippen molar-refractivity contribution < 1.29 is 58.7 Å². The average Bonchev–Trinajstić information content (AvgIpc) is 3.12. The zero-order valence-corrected chi connectivity index (χ0v) is 36.8. The van der Waals surface area contributed by atoms with Gasteiger partial charge in [0.15, 0.2) is 12.6 Å². The van der Waals surface area contributed by atoms with Crippen LogP contribution in [-0.2, 0) is 33.2 Å². The van der Waals surface area contributed by atoms with E-state index >= 15 is 0 Å². The van der Waals surface area contributed by atoms with Crippen molar-refractivity contribution >= 4 is 5.97 Å². The highest BCUT2D eigenvalue weighted by molar-refractivity contribution is 5.73. The second-order valence-corrected chi connectivity index (χ2v) is 18.4. The molecule has 8 unspecified atom stereocenters. The Labute approximate surface area is 336 Å². The van der Waals surface area contributed by atoms with Gasteiger partial charge in [-0.05, 0) is 107 Å². The van der Waals surface area contributed by atoms with Gasteiger partial charge >= 0.3 is 5.97 Å². The molecule has 3 rings (SSSR count). The number of carbonyl (C=O) groups is 1. The van der Waals surface area contributed by atoms with Gasteiger partial charge in [-0.3, -0.25) is 4.79 Å². The molecule has 15 nitrogen and oxygen atoms in total. The van der Waals surface area contributed by atoms with Gasteiger partial charge in [0.25, 0.3) is 0 Å². The molecule has 0 aromatic rings. The monoisotopic (exact) mass is 806 g/mol. The number of aliphatic hydroxyl groups excluding tert-OH is 2. The Morgan fingerprint density at radius 3 is 2.27 bits per heavy atom. The lowest BCUT2D eigenvalue weighted by molar-refractivity contribution is -0.336. The third-order valence-corrected chi connectivity index (χ3v) is 13.4. The van der Waals surface area contributed by atoms with E-state index < -0.39 is 88.8 Å². The number of nitrogens with zero attached hydrogens (tertiary/aromatic N) is 1. The molecular weight excluding hydrogens is 726 g/mol. The van der Waals surface area contributed by atoms with Crippen molar-refractivity contribution in [2.24, 2.45) is 17.8 Å². The van der Waals surface area contributed by atoms with Crippen LogP contribution in [0.15, 0.2) is 0 Å². The van der Waals surface area contributed by atoms with E-state index in [0.29, 0.717) is 13.0 Å². The molecule has 0 saturated carbocycles. The molecule has 0 aromatic carbocycles. The van der Waals surface area contributed by atoms with E-state index in [1.807, 2.05) is 53.6 Å². The van der Waals surface area contributed by atoms with Gasteiger partial charge in [-0.1, -0.05) is 27.7 Å². The van der Waals surface area contributed by atoms with Crippen molar-refractivity contribution in [3.05, 3.63) is 0 Å². The van der Waals surface area contributed by atoms with Gasteiger partial charge < -0.3 is 69.5 Å². The number of esters is 1. The van der Waals surface area contributed by atoms with Crippen molar-refractivity contribution in [1.82, 2.24) is 15.5 Å². The Bertz CT molecular complexity index is 1240. The van der Waals surface area contributed by atoms with Crippen molar-refractivity contribution in [2.75, 3.05) is 47.4 Å². The van der Waals surface area contributed by atoms with Crippen LogP contribution in [0.1, 0.15) is 108 Å². The van der Waals surface area contributed by atoms with Crippen molar-refractivity contribution in [3.8, 4) is 0 Å². The summed E-state index contributed by atoms with van der Waals surface area (Å²) in [5.41, 5.74) is -7.13. The number of likely N-dealkylation sites (N-methyl/N-ethyl adjacent to an activating group) is 1. The number of nitrogens with one attached hydrogen (secondary N) is 2. The standard InChI is InChI=1S/C41H79N3O12/c1-15-17-42-22-41(50)28(7)54-31(20-39(41,10)51-14)55-33-26(5)34(56-36-32(46)29(44(12)13)18-25(4)53-36)37(8,48)19-24(3)21-43-38(9,23-52-35(47)27(33)6)40(11,49)30(45)16-2/h24-34,36,42-43,45-46,48-50H,15-23H2,1-14H3/t24-,25?,26?,27?,28?,29?,30?,31+,32-,33?,34-,36?,37+,38+,39-,40-,41+/m1/s1. The van der Waals surface area contributed by atoms with Crippen molar-refractivity contribution in [2.45, 2.75) is 191 Å². The van der Waals surface area contributed by atoms with Gasteiger partial charge in [0.05, 0.1) is 47.6 Å². The summed E-state index contributed by atoms with van der Waals surface area (Å²) >= 11 is 0. The highest BCUT2D eigenvalue weighted by Gasteiger charge is 2.58. The number of aliphatic hydroxyl groups is 5. The summed E-state index contributed by atoms with van der Waals surface area (Å²) in [6.07, 6.45) is -5.32. The van der Waals surface area contributed by atoms with Gasteiger partial charge in [-0.2, -0.15) is 0 Å². The van der Waals surface area contributed by atoms with E-state index in [0.717, 1.165) is 6.42 Å². The van der Waals surface area contributed by atoms with Crippen LogP contribution in [0.4, 0.5) is 0 Å². The molecule has 3 saturated heterocycles. The van der Waals surface area contributed by atoms with Crippen molar-refractivity contribution in [3.63, 3.8) is 0 Å². The van der Waals surface area contributed by atoms with E-state index in [1.165, 1.54) is 14.0 Å². The average molecular weight is 806 g/mol. The minimum Gasteiger partial charge on any atom is -0.463 e. The summed E-state index contributed by atoms with van der Waals surface area (Å²) in [4.78, 5) is 16.2. The van der Waals surface area contributed by atoms with E-state index in [4.69, 9.17) is 28.4 Å². The van der Waals surface area contributed by atoms with Gasteiger partial charge in [0.2, 0.25) is 0 Å². The van der Waals surface area contributed by atoms with E-state index in [1.54, 1.807) is 34.6 Å². The summed E-state index contributed by atoms with van der Waals surface area (Å²) in [6.45, 7) is 20.6. The smallest absolute Gasteiger partial charge is 0.311 e. The Morgan fingerprint density at radius 2 is 1.70 bits per heavy atom. The summed E-state index contributed by atoms with van der Waals surface area (Å²) < 4.78 is 38.2. The fraction of sp³-hybridized carbons (Fsp3) is 0.976. The molecule has 0 spiro atoms. The molecule has 3 heterocycles. The third kappa shape index (κ3) is 10.6. The molecule has 0 bridgehead atoms. The predicted molar refractivity (Wildman–Crippen MR) is 212 cm³/mol. The fourth-order valence-electron chi connectivity index (χ4n) is 9.04. The van der Waals surface area contributed by atoms with Gasteiger partial charge in [0, 0.05) is 32.0 Å². The molecule has 3 fully saturated rings. The highest BCUT2D eigenvalue weighted by Crippen LogP contribution is 2.43. The summed E-state index contributed by atoms with van der Waals surface area (Å²) in [6, 6.07) is -0.277. The van der Waals surface area contributed by atoms with Crippen LogP contribution in [0.3, 0.4) is 0 Å². The van der Waals surface area contributed by atoms with E-state index in [9.17, 15) is 30.3 Å². The first-order chi connectivity index (χ1) is 25.8. The molecule has 7 N–H and O–H groups in total. The molecule has 0 aliphatic carbocycles. The van der Waals surface area contributed by atoms with Crippen molar-refractivity contribution in [1.29, 1.82) is 0 Å². The van der Waals surface area contributed by atoms with Crippen LogP contribution in [-0.4, -0.2) is 167 Å². The molecule has 56 heavy (non-hydrogen) atoms. The lowest BCUT2D eigenvalue weighted by Crippen LogP contribution is -2.70. The Balaban J connectivity index is 2.14. The van der Waals surface area contributed by atoms with Gasteiger partial charge in [-0.25, -0.2) is 0 Å². The van der Waals surface area contributed by atoms with Gasteiger partial charge in [0.1, 0.15) is 29.5 Å². The minimum absolute atomic E-state index is 0.105. The minimum atomic E-state index is -1.71. The maximum absolute atomic E-state index is 14.2. The maximum atomic E-state index is 14.2. The summed E-state index contributed by atoms with van der Waals surface area (Å²) in [7, 11) is 5.31. The molecular formula is C41H79N3O12. The molecule has 0 aromatic heterocycles. The van der Waals surface area contributed by atoms with E-state index in [2.05, 4.69) is 10.6 Å². The normalized spacial score (nSPS) is 45.2. The number of rotatable bonds is 13. The third-order valence-electron chi connectivity index (χ3n) is 13.4. The second kappa shape index (κ2) is 19.6. The molecule has 17 atom stereocenters. The summed E-state index contributed by atoms with van der Waals surface area (Å²) in [5.74, 6) is -2.59. The topological polar surface area (TPSA) is 201 Å². The SMILES string of the molecule is CCCNC[C@]1(O)C(C)O[C@@H](OC2C(C)C(=O)OC[C@@](C)([C@](C)(O)C(O)CC)NC[C@H](C)C[C@](C)(O)[C@H](OC3OC(C)CC(N(C)C)[C@H]3O)C2C)C[C@@]1(C)OC. The number of ether oxygens (including phenoxy) is 6. The zero-order valence-electron chi connectivity index (χ0n) is 36.8. The highest BCUT2D eigenvalue weighted by atomic mass is 16.7. The molecule has 0 radical (unpaired) electrons. The molecule has 3 aliphatic rings. The Morgan fingerprint density at radius 1 is 1.05 bits per heavy atom. The van der Waals surface area contributed by atoms with Crippen LogP contribution < -0.4 is 10.6 Å². The number of carbonyl (C=O) groups excluding carboxylic acids is 1. The fourth-order valence-corrected chi connectivity index (χ4v) is 9.04.